The first-order valence-electron chi connectivity index (χ1n) is 8.76. The van der Waals surface area contributed by atoms with Gasteiger partial charge in [-0.3, -0.25) is 0 Å². The standard InChI is InChI=1S/C21H20N2O2S/c22-14-15-2-4-16(5-3-15)19-12-21(10-1-11-21)13-20(19)17-6-8-18(9-7-17)26(23,24)25/h2-9H,1,10-13H2,(H2,23,24,25). The zero-order valence-corrected chi connectivity index (χ0v) is 15.2. The Morgan fingerprint density at radius 2 is 1.38 bits per heavy atom. The van der Waals surface area contributed by atoms with Crippen molar-refractivity contribution in [3.63, 3.8) is 0 Å². The predicted molar refractivity (Wildman–Crippen MR) is 101 cm³/mol. The molecule has 2 aliphatic carbocycles. The average Bonchev–Trinajstić information content (AvgIpc) is 3.03. The highest BCUT2D eigenvalue weighted by Crippen LogP contribution is 2.59. The molecule has 0 amide bonds. The molecule has 0 saturated heterocycles. The van der Waals surface area contributed by atoms with E-state index in [-0.39, 0.29) is 4.90 Å². The van der Waals surface area contributed by atoms with E-state index >= 15 is 0 Å². The molecule has 2 N–H and O–H groups in total. The highest BCUT2D eigenvalue weighted by atomic mass is 32.2. The number of allylic oxidation sites excluding steroid dienone is 2. The van der Waals surface area contributed by atoms with Gasteiger partial charge in [0, 0.05) is 0 Å². The highest BCUT2D eigenvalue weighted by Gasteiger charge is 2.43. The van der Waals surface area contributed by atoms with Gasteiger partial charge in [0.1, 0.15) is 0 Å². The van der Waals surface area contributed by atoms with Gasteiger partial charge in [-0.1, -0.05) is 30.7 Å². The number of nitrogens with two attached hydrogens (primary N) is 1. The van der Waals surface area contributed by atoms with Crippen molar-refractivity contribution >= 4 is 21.2 Å². The summed E-state index contributed by atoms with van der Waals surface area (Å²) in [6.07, 6.45) is 5.83. The van der Waals surface area contributed by atoms with Crippen molar-refractivity contribution in [2.75, 3.05) is 0 Å². The lowest BCUT2D eigenvalue weighted by atomic mass is 9.66. The topological polar surface area (TPSA) is 83.9 Å². The summed E-state index contributed by atoms with van der Waals surface area (Å²) in [6, 6.07) is 16.8. The highest BCUT2D eigenvalue weighted by molar-refractivity contribution is 7.89. The van der Waals surface area contributed by atoms with Crippen LogP contribution in [0.4, 0.5) is 0 Å². The van der Waals surface area contributed by atoms with Gasteiger partial charge in [-0.2, -0.15) is 5.26 Å². The smallest absolute Gasteiger partial charge is 0.225 e. The molecule has 1 fully saturated rings. The average molecular weight is 364 g/mol. The van der Waals surface area contributed by atoms with Gasteiger partial charge in [-0.05, 0) is 77.6 Å². The molecule has 2 aliphatic rings. The molecule has 132 valence electrons. The van der Waals surface area contributed by atoms with E-state index in [0.717, 1.165) is 24.0 Å². The van der Waals surface area contributed by atoms with Crippen molar-refractivity contribution in [1.82, 2.24) is 0 Å². The van der Waals surface area contributed by atoms with Crippen LogP contribution in [0.3, 0.4) is 0 Å². The van der Waals surface area contributed by atoms with Crippen LogP contribution in [-0.4, -0.2) is 8.42 Å². The molecular formula is C21H20N2O2S. The van der Waals surface area contributed by atoms with Gasteiger partial charge in [-0.25, -0.2) is 13.6 Å². The SMILES string of the molecule is N#Cc1ccc(C2=C(c3ccc(S(N)(=O)=O)cc3)CC3(CCC3)C2)cc1. The molecule has 4 rings (SSSR count). The molecule has 1 saturated carbocycles. The molecule has 26 heavy (non-hydrogen) atoms. The molecule has 2 aromatic carbocycles. The van der Waals surface area contributed by atoms with Gasteiger partial charge in [0.2, 0.25) is 10.0 Å². The Balaban J connectivity index is 1.77. The van der Waals surface area contributed by atoms with Crippen LogP contribution in [0.1, 0.15) is 48.8 Å². The van der Waals surface area contributed by atoms with E-state index in [9.17, 15) is 8.42 Å². The Bertz CT molecular complexity index is 1020. The van der Waals surface area contributed by atoms with Gasteiger partial charge >= 0.3 is 0 Å². The monoisotopic (exact) mass is 364 g/mol. The van der Waals surface area contributed by atoms with Crippen molar-refractivity contribution in [3.8, 4) is 6.07 Å². The third-order valence-corrected chi connectivity index (χ3v) is 6.71. The van der Waals surface area contributed by atoms with E-state index in [2.05, 4.69) is 6.07 Å². The normalized spacial score (nSPS) is 18.6. The second-order valence-corrected chi connectivity index (χ2v) is 8.98. The van der Waals surface area contributed by atoms with Crippen molar-refractivity contribution in [2.45, 2.75) is 37.0 Å². The van der Waals surface area contributed by atoms with Crippen LogP contribution < -0.4 is 5.14 Å². The van der Waals surface area contributed by atoms with E-state index in [0.29, 0.717) is 11.0 Å². The molecule has 4 nitrogen and oxygen atoms in total. The van der Waals surface area contributed by atoms with Crippen molar-refractivity contribution in [3.05, 3.63) is 65.2 Å². The quantitative estimate of drug-likeness (QED) is 0.890. The number of primary sulfonamides is 1. The van der Waals surface area contributed by atoms with Crippen LogP contribution in [0.5, 0.6) is 0 Å². The molecule has 0 aliphatic heterocycles. The Kier molecular flexibility index (Phi) is 3.98. The molecule has 2 aromatic rings. The third kappa shape index (κ3) is 2.96. The third-order valence-electron chi connectivity index (χ3n) is 5.78. The van der Waals surface area contributed by atoms with Gasteiger partial charge in [-0.15, -0.1) is 0 Å². The zero-order valence-electron chi connectivity index (χ0n) is 14.4. The lowest BCUT2D eigenvalue weighted by molar-refractivity contribution is 0.157. The molecule has 0 atom stereocenters. The molecular weight excluding hydrogens is 344 g/mol. The lowest BCUT2D eigenvalue weighted by Crippen LogP contribution is -2.26. The summed E-state index contributed by atoms with van der Waals surface area (Å²) in [5, 5.41) is 14.2. The summed E-state index contributed by atoms with van der Waals surface area (Å²) in [7, 11) is -3.68. The van der Waals surface area contributed by atoms with Crippen LogP contribution in [0.15, 0.2) is 53.4 Å². The molecule has 0 heterocycles. The van der Waals surface area contributed by atoms with Crippen LogP contribution in [0, 0.1) is 16.7 Å². The number of nitriles is 1. The second kappa shape index (κ2) is 6.08. The van der Waals surface area contributed by atoms with Gasteiger partial charge in [0.05, 0.1) is 16.5 Å². The Labute approximate surface area is 154 Å². The first-order chi connectivity index (χ1) is 12.4. The number of nitrogens with zero attached hydrogens (tertiary/aromatic N) is 1. The van der Waals surface area contributed by atoms with E-state index in [1.54, 1.807) is 12.1 Å². The number of hydrogen-bond acceptors (Lipinski definition) is 3. The Hall–Kier alpha value is -2.42. The first kappa shape index (κ1) is 17.0. The van der Waals surface area contributed by atoms with Crippen molar-refractivity contribution in [2.24, 2.45) is 10.6 Å². The van der Waals surface area contributed by atoms with Crippen LogP contribution in [-0.2, 0) is 10.0 Å². The van der Waals surface area contributed by atoms with Gasteiger partial charge in [0.15, 0.2) is 0 Å². The number of benzene rings is 2. The predicted octanol–water partition coefficient (Wildman–Crippen LogP) is 4.08. The van der Waals surface area contributed by atoms with E-state index in [4.69, 9.17) is 10.4 Å². The van der Waals surface area contributed by atoms with Gasteiger partial charge in [0.25, 0.3) is 0 Å². The van der Waals surface area contributed by atoms with Crippen molar-refractivity contribution < 1.29 is 8.42 Å². The first-order valence-corrected chi connectivity index (χ1v) is 10.3. The summed E-state index contributed by atoms with van der Waals surface area (Å²) >= 11 is 0. The summed E-state index contributed by atoms with van der Waals surface area (Å²) in [5.41, 5.74) is 5.83. The minimum atomic E-state index is -3.68. The molecule has 0 radical (unpaired) electrons. The Morgan fingerprint density at radius 3 is 1.77 bits per heavy atom. The summed E-state index contributed by atoms with van der Waals surface area (Å²) in [5.74, 6) is 0. The molecule has 0 aromatic heterocycles. The van der Waals surface area contributed by atoms with Crippen molar-refractivity contribution in [1.29, 1.82) is 5.26 Å². The van der Waals surface area contributed by atoms with E-state index in [1.165, 1.54) is 30.4 Å². The van der Waals surface area contributed by atoms with Crippen LogP contribution in [0.25, 0.3) is 11.1 Å². The van der Waals surface area contributed by atoms with E-state index < -0.39 is 10.0 Å². The lowest BCUT2D eigenvalue weighted by Gasteiger charge is -2.39. The summed E-state index contributed by atoms with van der Waals surface area (Å²) in [4.78, 5) is 0.137. The zero-order chi connectivity index (χ0) is 18.4. The molecule has 1 spiro atoms. The fourth-order valence-corrected chi connectivity index (χ4v) is 4.72. The molecule has 0 unspecified atom stereocenters. The summed E-state index contributed by atoms with van der Waals surface area (Å²) in [6.45, 7) is 0. The maximum absolute atomic E-state index is 11.5. The fourth-order valence-electron chi connectivity index (χ4n) is 4.20. The number of sulfonamides is 1. The second-order valence-electron chi connectivity index (χ2n) is 7.42. The van der Waals surface area contributed by atoms with Gasteiger partial charge < -0.3 is 0 Å². The number of hydrogen-bond donors (Lipinski definition) is 1. The van der Waals surface area contributed by atoms with Crippen LogP contribution >= 0.6 is 0 Å². The maximum Gasteiger partial charge on any atom is 0.238 e. The van der Waals surface area contributed by atoms with Crippen LogP contribution in [0.2, 0.25) is 0 Å². The Morgan fingerprint density at radius 1 is 0.885 bits per heavy atom. The number of rotatable bonds is 3. The minimum absolute atomic E-state index is 0.137. The molecule has 5 heteroatoms. The molecule has 0 bridgehead atoms. The van der Waals surface area contributed by atoms with E-state index in [1.807, 2.05) is 36.4 Å². The summed E-state index contributed by atoms with van der Waals surface area (Å²) < 4.78 is 23.0. The maximum atomic E-state index is 11.5. The minimum Gasteiger partial charge on any atom is -0.225 e. The fraction of sp³-hybridized carbons (Fsp3) is 0.286. The largest absolute Gasteiger partial charge is 0.238 e.